The predicted octanol–water partition coefficient (Wildman–Crippen LogP) is 7.14. The van der Waals surface area contributed by atoms with Gasteiger partial charge in [-0.15, -0.1) is 0 Å². The fourth-order valence-corrected chi connectivity index (χ4v) is 6.56. The molecular formula is C31H34Cl2N2O4. The number of carbonyl (C=O) groups is 2. The molecule has 1 aliphatic rings. The van der Waals surface area contributed by atoms with E-state index in [0.717, 1.165) is 16.0 Å². The number of nitrogens with zero attached hydrogens (tertiary/aromatic N) is 2. The van der Waals surface area contributed by atoms with Crippen molar-refractivity contribution in [2.45, 2.75) is 64.4 Å². The zero-order chi connectivity index (χ0) is 28.5. The Balaban J connectivity index is 2.05. The van der Waals surface area contributed by atoms with Gasteiger partial charge in [0.15, 0.2) is 5.66 Å². The number of amides is 2. The zero-order valence-electron chi connectivity index (χ0n) is 22.5. The van der Waals surface area contributed by atoms with Crippen LogP contribution in [0, 0.1) is 5.41 Å². The van der Waals surface area contributed by atoms with E-state index in [2.05, 4.69) is 0 Å². The molecule has 1 fully saturated rings. The fraction of sp³-hybridized carbons (Fsp3) is 0.355. The van der Waals surface area contributed by atoms with Gasteiger partial charge in [0.05, 0.1) is 12.1 Å². The van der Waals surface area contributed by atoms with Crippen LogP contribution in [0.1, 0.15) is 56.8 Å². The summed E-state index contributed by atoms with van der Waals surface area (Å²) >= 11 is 13.6. The van der Waals surface area contributed by atoms with Gasteiger partial charge in [0, 0.05) is 21.7 Å². The minimum absolute atomic E-state index is 0.150. The van der Waals surface area contributed by atoms with E-state index >= 15 is 0 Å². The number of aliphatic hydroxyl groups is 1. The second kappa shape index (κ2) is 11.3. The van der Waals surface area contributed by atoms with E-state index in [9.17, 15) is 19.8 Å². The third-order valence-electron chi connectivity index (χ3n) is 7.52. The summed E-state index contributed by atoms with van der Waals surface area (Å²) in [5.74, 6) is -0.632. The van der Waals surface area contributed by atoms with Crippen molar-refractivity contribution >= 4 is 35.2 Å². The molecule has 2 N–H and O–H groups in total. The van der Waals surface area contributed by atoms with Crippen molar-refractivity contribution < 1.29 is 19.8 Å². The van der Waals surface area contributed by atoms with Gasteiger partial charge in [-0.3, -0.25) is 9.69 Å². The molecule has 0 radical (unpaired) electrons. The lowest BCUT2D eigenvalue weighted by Gasteiger charge is -2.50. The molecule has 3 aromatic carbocycles. The number of benzene rings is 3. The van der Waals surface area contributed by atoms with Crippen LogP contribution in [-0.2, 0) is 16.9 Å². The molecule has 3 aromatic rings. The Kier molecular flexibility index (Phi) is 8.43. The highest BCUT2D eigenvalue weighted by atomic mass is 35.5. The average molecular weight is 570 g/mol. The van der Waals surface area contributed by atoms with Crippen molar-refractivity contribution in [3.63, 3.8) is 0 Å². The SMILES string of the molecule is CC(c1ccccc1)N1[C@H](C(C)(C)C)C(=O)N(C(=O)O)[C@@]1(c1c(Cl)cccc1Cl)[C@@H](O)CCc1ccccc1. The maximum atomic E-state index is 14.2. The number of hydrogen-bond acceptors (Lipinski definition) is 4. The first kappa shape index (κ1) is 29.1. The van der Waals surface area contributed by atoms with Crippen molar-refractivity contribution in [1.82, 2.24) is 9.80 Å². The molecule has 1 aliphatic heterocycles. The molecule has 1 unspecified atom stereocenters. The Morgan fingerprint density at radius 2 is 1.49 bits per heavy atom. The predicted molar refractivity (Wildman–Crippen MR) is 154 cm³/mol. The topological polar surface area (TPSA) is 81.1 Å². The monoisotopic (exact) mass is 568 g/mol. The molecule has 6 nitrogen and oxygen atoms in total. The number of rotatable bonds is 7. The van der Waals surface area contributed by atoms with Gasteiger partial charge in [0.2, 0.25) is 0 Å². The number of carboxylic acid groups (broad SMARTS) is 1. The molecule has 0 aromatic heterocycles. The van der Waals surface area contributed by atoms with Crippen molar-refractivity contribution in [1.29, 1.82) is 0 Å². The molecule has 39 heavy (non-hydrogen) atoms. The Labute approximate surface area is 239 Å². The minimum Gasteiger partial charge on any atom is -0.465 e. The van der Waals surface area contributed by atoms with E-state index in [1.165, 1.54) is 0 Å². The fourth-order valence-electron chi connectivity index (χ4n) is 5.89. The van der Waals surface area contributed by atoms with E-state index < -0.39 is 41.3 Å². The largest absolute Gasteiger partial charge is 0.465 e. The average Bonchev–Trinajstić information content (AvgIpc) is 3.18. The van der Waals surface area contributed by atoms with Gasteiger partial charge in [0.25, 0.3) is 5.91 Å². The quantitative estimate of drug-likeness (QED) is 0.316. The third kappa shape index (κ3) is 5.19. The van der Waals surface area contributed by atoms with Gasteiger partial charge >= 0.3 is 6.09 Å². The van der Waals surface area contributed by atoms with Crippen LogP contribution < -0.4 is 0 Å². The van der Waals surface area contributed by atoms with Crippen LogP contribution in [0.15, 0.2) is 78.9 Å². The highest BCUT2D eigenvalue weighted by molar-refractivity contribution is 6.36. The first-order valence-electron chi connectivity index (χ1n) is 13.0. The van der Waals surface area contributed by atoms with Crippen LogP contribution in [0.5, 0.6) is 0 Å². The Morgan fingerprint density at radius 3 is 2.00 bits per heavy atom. The summed E-state index contributed by atoms with van der Waals surface area (Å²) in [7, 11) is 0. The summed E-state index contributed by atoms with van der Waals surface area (Å²) in [6, 6.07) is 22.6. The summed E-state index contributed by atoms with van der Waals surface area (Å²) < 4.78 is 0. The standard InChI is InChI=1S/C31H34Cl2N2O4/c1-20(22-14-9-6-10-15-22)34-27(30(2,3)4)28(37)35(29(38)39)31(34,26-23(32)16-11-17-24(26)33)25(36)19-18-21-12-7-5-8-13-21/h5-17,20,25,27,36H,18-19H2,1-4H3,(H,38,39)/t20?,25-,27-,31+/m0/s1. The molecule has 4 atom stereocenters. The lowest BCUT2D eigenvalue weighted by atomic mass is 9.81. The summed E-state index contributed by atoms with van der Waals surface area (Å²) in [6.07, 6.45) is -2.25. The molecule has 0 spiro atoms. The lowest BCUT2D eigenvalue weighted by Crippen LogP contribution is -2.62. The van der Waals surface area contributed by atoms with Crippen molar-refractivity contribution in [3.8, 4) is 0 Å². The molecular weight excluding hydrogens is 535 g/mol. The van der Waals surface area contributed by atoms with Crippen LogP contribution in [0.3, 0.4) is 0 Å². The van der Waals surface area contributed by atoms with Gasteiger partial charge in [-0.1, -0.05) is 111 Å². The summed E-state index contributed by atoms with van der Waals surface area (Å²) in [6.45, 7) is 7.58. The van der Waals surface area contributed by atoms with E-state index in [0.29, 0.717) is 6.42 Å². The van der Waals surface area contributed by atoms with Crippen molar-refractivity contribution in [2.75, 3.05) is 0 Å². The second-order valence-electron chi connectivity index (χ2n) is 11.1. The van der Waals surface area contributed by atoms with Gasteiger partial charge in [-0.25, -0.2) is 9.69 Å². The van der Waals surface area contributed by atoms with Crippen LogP contribution in [0.25, 0.3) is 0 Å². The van der Waals surface area contributed by atoms with Crippen molar-refractivity contribution in [2.24, 2.45) is 5.41 Å². The van der Waals surface area contributed by atoms with E-state index in [1.54, 1.807) is 18.2 Å². The molecule has 8 heteroatoms. The second-order valence-corrected chi connectivity index (χ2v) is 11.9. The maximum absolute atomic E-state index is 14.2. The molecule has 0 bridgehead atoms. The van der Waals surface area contributed by atoms with Gasteiger partial charge in [0.1, 0.15) is 0 Å². The van der Waals surface area contributed by atoms with Crippen LogP contribution in [-0.4, -0.2) is 44.2 Å². The Hall–Kier alpha value is -2.90. The number of aryl methyl sites for hydroxylation is 1. The zero-order valence-corrected chi connectivity index (χ0v) is 24.0. The highest BCUT2D eigenvalue weighted by Crippen LogP contribution is 2.55. The first-order valence-corrected chi connectivity index (χ1v) is 13.7. The molecule has 206 valence electrons. The summed E-state index contributed by atoms with van der Waals surface area (Å²) in [4.78, 5) is 29.9. The number of carbonyl (C=O) groups excluding carboxylic acids is 1. The van der Waals surface area contributed by atoms with Crippen LogP contribution in [0.4, 0.5) is 4.79 Å². The Bertz CT molecular complexity index is 1310. The number of aliphatic hydroxyl groups excluding tert-OH is 1. The van der Waals surface area contributed by atoms with Crippen LogP contribution in [0.2, 0.25) is 10.0 Å². The molecule has 4 rings (SSSR count). The van der Waals surface area contributed by atoms with Crippen molar-refractivity contribution in [3.05, 3.63) is 106 Å². The number of hydrogen-bond donors (Lipinski definition) is 2. The molecule has 1 heterocycles. The van der Waals surface area contributed by atoms with Gasteiger partial charge < -0.3 is 10.2 Å². The summed E-state index contributed by atoms with van der Waals surface area (Å²) in [5, 5.41) is 23.2. The third-order valence-corrected chi connectivity index (χ3v) is 8.15. The molecule has 1 saturated heterocycles. The normalized spacial score (nSPS) is 21.7. The number of imide groups is 1. The van der Waals surface area contributed by atoms with E-state index in [1.807, 2.05) is 93.3 Å². The minimum atomic E-state index is -1.90. The molecule has 2 amide bonds. The van der Waals surface area contributed by atoms with E-state index in [-0.39, 0.29) is 22.0 Å². The first-order chi connectivity index (χ1) is 18.4. The summed E-state index contributed by atoms with van der Waals surface area (Å²) in [5.41, 5.74) is -0.588. The smallest absolute Gasteiger partial charge is 0.416 e. The van der Waals surface area contributed by atoms with Gasteiger partial charge in [-0.2, -0.15) is 0 Å². The highest BCUT2D eigenvalue weighted by Gasteiger charge is 2.68. The molecule has 0 saturated carbocycles. The van der Waals surface area contributed by atoms with E-state index in [4.69, 9.17) is 23.2 Å². The van der Waals surface area contributed by atoms with Crippen LogP contribution >= 0.6 is 23.2 Å². The maximum Gasteiger partial charge on any atom is 0.416 e. The molecule has 0 aliphatic carbocycles. The lowest BCUT2D eigenvalue weighted by molar-refractivity contribution is -0.137. The Morgan fingerprint density at radius 1 is 0.949 bits per heavy atom. The van der Waals surface area contributed by atoms with Gasteiger partial charge in [-0.05, 0) is 48.4 Å². The number of halogens is 2.